The fraction of sp³-hybridized carbons (Fsp3) is 0.458. The number of hydrogen-bond acceptors (Lipinski definition) is 4. The molecule has 6 nitrogen and oxygen atoms in total. The van der Waals surface area contributed by atoms with Crippen molar-refractivity contribution in [3.05, 3.63) is 59.7 Å². The second kappa shape index (κ2) is 10.8. The van der Waals surface area contributed by atoms with Crippen LogP contribution in [0, 0.1) is 6.92 Å². The Morgan fingerprint density at radius 2 is 1.71 bits per heavy atom. The van der Waals surface area contributed by atoms with Crippen LogP contribution in [0.3, 0.4) is 0 Å². The van der Waals surface area contributed by atoms with Gasteiger partial charge in [0.15, 0.2) is 0 Å². The van der Waals surface area contributed by atoms with Crippen molar-refractivity contribution in [3.63, 3.8) is 0 Å². The van der Waals surface area contributed by atoms with Gasteiger partial charge in [0.2, 0.25) is 0 Å². The van der Waals surface area contributed by atoms with Gasteiger partial charge in [-0.05, 0) is 76.2 Å². The van der Waals surface area contributed by atoms with E-state index in [2.05, 4.69) is 10.2 Å². The molecule has 0 bridgehead atoms. The number of sulfonamides is 1. The molecule has 1 N–H and O–H groups in total. The van der Waals surface area contributed by atoms with E-state index in [1.54, 1.807) is 24.3 Å². The second-order valence-electron chi connectivity index (χ2n) is 8.20. The van der Waals surface area contributed by atoms with Crippen LogP contribution in [0.5, 0.6) is 0 Å². The molecule has 2 aromatic carbocycles. The summed E-state index contributed by atoms with van der Waals surface area (Å²) in [6.07, 6.45) is 6.02. The monoisotopic (exact) mass is 443 g/mol. The lowest BCUT2D eigenvalue weighted by Crippen LogP contribution is -2.31. The second-order valence-corrected chi connectivity index (χ2v) is 10.2. The van der Waals surface area contributed by atoms with E-state index in [4.69, 9.17) is 0 Å². The number of amides is 1. The number of carbonyl (C=O) groups excluding carboxylic acids is 1. The number of hydrogen-bond donors (Lipinski definition) is 1. The molecule has 0 aromatic heterocycles. The van der Waals surface area contributed by atoms with Crippen molar-refractivity contribution in [3.8, 4) is 0 Å². The van der Waals surface area contributed by atoms with Gasteiger partial charge in [0.05, 0.1) is 10.6 Å². The van der Waals surface area contributed by atoms with Gasteiger partial charge in [-0.25, -0.2) is 8.42 Å². The Kier molecular flexibility index (Phi) is 8.09. The first-order valence-electron chi connectivity index (χ1n) is 11.0. The predicted octanol–water partition coefficient (Wildman–Crippen LogP) is 3.82. The first-order valence-corrected chi connectivity index (χ1v) is 12.5. The zero-order valence-corrected chi connectivity index (χ0v) is 19.3. The highest BCUT2D eigenvalue weighted by atomic mass is 32.2. The van der Waals surface area contributed by atoms with Crippen molar-refractivity contribution in [1.82, 2.24) is 10.2 Å². The lowest BCUT2D eigenvalue weighted by atomic mass is 10.2. The Morgan fingerprint density at radius 1 is 1.03 bits per heavy atom. The molecular formula is C24H33N3O3S. The minimum atomic E-state index is -3.76. The first kappa shape index (κ1) is 23.3. The number of carbonyl (C=O) groups is 1. The molecule has 1 heterocycles. The van der Waals surface area contributed by atoms with E-state index in [-0.39, 0.29) is 10.8 Å². The summed E-state index contributed by atoms with van der Waals surface area (Å²) < 4.78 is 27.3. The number of likely N-dealkylation sites (tertiary alicyclic amines) is 1. The van der Waals surface area contributed by atoms with Crippen molar-refractivity contribution in [2.75, 3.05) is 37.5 Å². The van der Waals surface area contributed by atoms with Crippen LogP contribution in [-0.2, 0) is 10.0 Å². The highest BCUT2D eigenvalue weighted by Crippen LogP contribution is 2.23. The number of nitrogens with zero attached hydrogens (tertiary/aromatic N) is 2. The smallest absolute Gasteiger partial charge is 0.264 e. The molecule has 1 saturated heterocycles. The van der Waals surface area contributed by atoms with Gasteiger partial charge in [-0.3, -0.25) is 9.10 Å². The lowest BCUT2D eigenvalue weighted by Gasteiger charge is -2.20. The molecule has 2 aromatic rings. The number of nitrogens with one attached hydrogen (secondary N) is 1. The number of rotatable bonds is 8. The molecule has 0 atom stereocenters. The van der Waals surface area contributed by atoms with Crippen LogP contribution in [0.1, 0.15) is 48.0 Å². The molecule has 0 aliphatic carbocycles. The maximum atomic E-state index is 13.0. The molecule has 0 unspecified atom stereocenters. The van der Waals surface area contributed by atoms with Gasteiger partial charge in [0.25, 0.3) is 15.9 Å². The maximum Gasteiger partial charge on any atom is 0.264 e. The topological polar surface area (TPSA) is 69.7 Å². The van der Waals surface area contributed by atoms with Gasteiger partial charge in [-0.2, -0.15) is 0 Å². The van der Waals surface area contributed by atoms with Crippen LogP contribution < -0.4 is 9.62 Å². The molecule has 0 saturated carbocycles. The van der Waals surface area contributed by atoms with E-state index < -0.39 is 10.0 Å². The van der Waals surface area contributed by atoms with Gasteiger partial charge >= 0.3 is 0 Å². The molecule has 31 heavy (non-hydrogen) atoms. The van der Waals surface area contributed by atoms with E-state index in [0.717, 1.165) is 31.6 Å². The van der Waals surface area contributed by atoms with Crippen molar-refractivity contribution < 1.29 is 13.2 Å². The lowest BCUT2D eigenvalue weighted by molar-refractivity contribution is 0.0951. The summed E-state index contributed by atoms with van der Waals surface area (Å²) in [4.78, 5) is 15.1. The molecule has 3 rings (SSSR count). The summed E-state index contributed by atoms with van der Waals surface area (Å²) in [5, 5.41) is 2.93. The van der Waals surface area contributed by atoms with E-state index in [9.17, 15) is 13.2 Å². The van der Waals surface area contributed by atoms with Crippen LogP contribution in [0.15, 0.2) is 53.4 Å². The predicted molar refractivity (Wildman–Crippen MR) is 125 cm³/mol. The van der Waals surface area contributed by atoms with Crippen molar-refractivity contribution in [2.45, 2.75) is 43.9 Å². The van der Waals surface area contributed by atoms with Gasteiger partial charge in [-0.1, -0.05) is 36.6 Å². The molecule has 1 aliphatic rings. The van der Waals surface area contributed by atoms with Crippen molar-refractivity contribution >= 4 is 21.6 Å². The fourth-order valence-electron chi connectivity index (χ4n) is 3.82. The van der Waals surface area contributed by atoms with Gasteiger partial charge < -0.3 is 10.2 Å². The number of anilines is 1. The summed E-state index contributed by atoms with van der Waals surface area (Å²) in [5.41, 5.74) is 1.99. The minimum Gasteiger partial charge on any atom is -0.352 e. The standard InChI is InChI=1S/C24H33N3O3S/c1-20-11-13-22(14-12-20)26(2)31(29,30)23-10-7-9-21(19-23)24(28)25-15-8-18-27-16-5-3-4-6-17-27/h7,9-14,19H,3-6,8,15-18H2,1-2H3,(H,25,28). The zero-order valence-electron chi connectivity index (χ0n) is 18.5. The molecule has 7 heteroatoms. The van der Waals surface area contributed by atoms with Crippen LogP contribution in [-0.4, -0.2) is 52.5 Å². The largest absolute Gasteiger partial charge is 0.352 e. The minimum absolute atomic E-state index is 0.104. The van der Waals surface area contributed by atoms with Crippen LogP contribution in [0.25, 0.3) is 0 Å². The van der Waals surface area contributed by atoms with E-state index >= 15 is 0 Å². The van der Waals surface area contributed by atoms with E-state index in [0.29, 0.717) is 17.8 Å². The number of benzene rings is 2. The van der Waals surface area contributed by atoms with Crippen LogP contribution in [0.2, 0.25) is 0 Å². The Labute approximate surface area is 186 Å². The summed E-state index contributed by atoms with van der Waals surface area (Å²) >= 11 is 0. The molecule has 0 radical (unpaired) electrons. The molecule has 168 valence electrons. The van der Waals surface area contributed by atoms with E-state index in [1.807, 2.05) is 19.1 Å². The molecule has 1 amide bonds. The average Bonchev–Trinajstić information content (AvgIpc) is 3.05. The Balaban J connectivity index is 1.59. The molecule has 1 fully saturated rings. The zero-order chi connectivity index (χ0) is 22.3. The average molecular weight is 444 g/mol. The van der Waals surface area contributed by atoms with Gasteiger partial charge in [-0.15, -0.1) is 0 Å². The highest BCUT2D eigenvalue weighted by Gasteiger charge is 2.22. The summed E-state index contributed by atoms with van der Waals surface area (Å²) in [6.45, 7) is 5.80. The van der Waals surface area contributed by atoms with E-state index in [1.165, 1.54) is 49.2 Å². The third-order valence-corrected chi connectivity index (χ3v) is 7.57. The van der Waals surface area contributed by atoms with Crippen molar-refractivity contribution in [2.24, 2.45) is 0 Å². The third-order valence-electron chi connectivity index (χ3n) is 5.79. The van der Waals surface area contributed by atoms with Crippen molar-refractivity contribution in [1.29, 1.82) is 0 Å². The maximum absolute atomic E-state index is 13.0. The quantitative estimate of drug-likeness (QED) is 0.630. The SMILES string of the molecule is Cc1ccc(N(C)S(=O)(=O)c2cccc(C(=O)NCCCN3CCCCCC3)c2)cc1. The normalized spacial score (nSPS) is 15.3. The Morgan fingerprint density at radius 3 is 2.39 bits per heavy atom. The highest BCUT2D eigenvalue weighted by molar-refractivity contribution is 7.92. The summed E-state index contributed by atoms with van der Waals surface area (Å²) in [6, 6.07) is 13.5. The van der Waals surface area contributed by atoms with Crippen LogP contribution in [0.4, 0.5) is 5.69 Å². The van der Waals surface area contributed by atoms with Gasteiger partial charge in [0.1, 0.15) is 0 Å². The Hall–Kier alpha value is -2.38. The number of aryl methyl sites for hydroxylation is 1. The summed E-state index contributed by atoms with van der Waals surface area (Å²) in [5.74, 6) is -0.245. The summed E-state index contributed by atoms with van der Waals surface area (Å²) in [7, 11) is -2.23. The molecule has 1 aliphatic heterocycles. The fourth-order valence-corrected chi connectivity index (χ4v) is 5.06. The van der Waals surface area contributed by atoms with Crippen LogP contribution >= 0.6 is 0 Å². The first-order chi connectivity index (χ1) is 14.9. The molecule has 0 spiro atoms. The molecular weight excluding hydrogens is 410 g/mol. The third kappa shape index (κ3) is 6.31. The van der Waals surface area contributed by atoms with Gasteiger partial charge in [0, 0.05) is 19.2 Å². The Bertz CT molecular complexity index is 966.